The van der Waals surface area contributed by atoms with Crippen molar-refractivity contribution in [2.75, 3.05) is 6.61 Å². The molecule has 1 rings (SSSR count). The van der Waals surface area contributed by atoms with Gasteiger partial charge in [-0.1, -0.05) is 37.3 Å². The van der Waals surface area contributed by atoms with E-state index >= 15 is 0 Å². The zero-order chi connectivity index (χ0) is 12.7. The molecule has 0 fully saturated rings. The van der Waals surface area contributed by atoms with Crippen LogP contribution in [-0.2, 0) is 20.7 Å². The van der Waals surface area contributed by atoms with Gasteiger partial charge in [-0.3, -0.25) is 9.59 Å². The van der Waals surface area contributed by atoms with Gasteiger partial charge in [0.15, 0.2) is 0 Å². The fraction of sp³-hybridized carbons (Fsp3) is 0.429. The lowest BCUT2D eigenvalue weighted by Gasteiger charge is -2.09. The second-order valence-electron chi connectivity index (χ2n) is 4.04. The summed E-state index contributed by atoms with van der Waals surface area (Å²) < 4.78 is 4.82. The van der Waals surface area contributed by atoms with Crippen molar-refractivity contribution in [1.82, 2.24) is 0 Å². The van der Waals surface area contributed by atoms with Gasteiger partial charge in [-0.15, -0.1) is 0 Å². The van der Waals surface area contributed by atoms with Crippen molar-refractivity contribution >= 4 is 11.8 Å². The highest BCUT2D eigenvalue weighted by Gasteiger charge is 2.17. The van der Waals surface area contributed by atoms with Crippen LogP contribution in [0.4, 0.5) is 0 Å². The Morgan fingerprint density at radius 3 is 2.47 bits per heavy atom. The molecule has 1 atom stereocenters. The number of ether oxygens (including phenoxy) is 1. The van der Waals surface area contributed by atoms with Gasteiger partial charge in [0, 0.05) is 12.3 Å². The maximum Gasteiger partial charge on any atom is 0.306 e. The summed E-state index contributed by atoms with van der Waals surface area (Å²) in [5.74, 6) is -0.514. The number of hydrogen-bond acceptors (Lipinski definition) is 3. The van der Waals surface area contributed by atoms with Crippen molar-refractivity contribution in [2.24, 2.45) is 5.92 Å². The number of ketones is 1. The third-order valence-electron chi connectivity index (χ3n) is 2.55. The molecule has 0 saturated carbocycles. The first-order valence-electron chi connectivity index (χ1n) is 5.85. The minimum absolute atomic E-state index is 0.0734. The van der Waals surface area contributed by atoms with Gasteiger partial charge in [0.25, 0.3) is 0 Å². The van der Waals surface area contributed by atoms with Crippen LogP contribution in [0.2, 0.25) is 0 Å². The summed E-state index contributed by atoms with van der Waals surface area (Å²) in [6.45, 7) is 3.88. The predicted molar refractivity (Wildman–Crippen MR) is 65.6 cm³/mol. The highest BCUT2D eigenvalue weighted by molar-refractivity contribution is 5.86. The van der Waals surface area contributed by atoms with E-state index in [1.54, 1.807) is 13.8 Å². The molecule has 0 aliphatic heterocycles. The summed E-state index contributed by atoms with van der Waals surface area (Å²) in [5, 5.41) is 0. The maximum absolute atomic E-state index is 11.8. The van der Waals surface area contributed by atoms with Crippen molar-refractivity contribution in [3.05, 3.63) is 35.9 Å². The number of carbonyl (C=O) groups excluding carboxylic acids is 2. The molecule has 3 heteroatoms. The lowest BCUT2D eigenvalue weighted by molar-refractivity contribution is -0.145. The van der Waals surface area contributed by atoms with E-state index in [-0.39, 0.29) is 24.1 Å². The molecular formula is C14H18O3. The Hall–Kier alpha value is -1.64. The molecule has 0 aliphatic rings. The molecule has 1 unspecified atom stereocenters. The third kappa shape index (κ3) is 4.81. The molecule has 1 aromatic carbocycles. The zero-order valence-corrected chi connectivity index (χ0v) is 10.3. The van der Waals surface area contributed by atoms with Crippen LogP contribution >= 0.6 is 0 Å². The van der Waals surface area contributed by atoms with Gasteiger partial charge in [0.1, 0.15) is 5.78 Å². The molecule has 0 radical (unpaired) electrons. The number of rotatable bonds is 6. The van der Waals surface area contributed by atoms with E-state index in [2.05, 4.69) is 0 Å². The van der Waals surface area contributed by atoms with Gasteiger partial charge in [-0.05, 0) is 12.5 Å². The smallest absolute Gasteiger partial charge is 0.306 e. The van der Waals surface area contributed by atoms with Crippen molar-refractivity contribution < 1.29 is 14.3 Å². The topological polar surface area (TPSA) is 43.4 Å². The Morgan fingerprint density at radius 1 is 1.24 bits per heavy atom. The predicted octanol–water partition coefficient (Wildman–Crippen LogP) is 2.39. The van der Waals surface area contributed by atoms with Crippen LogP contribution in [0.25, 0.3) is 0 Å². The fourth-order valence-corrected chi connectivity index (χ4v) is 1.56. The molecule has 1 aromatic rings. The van der Waals surface area contributed by atoms with Crippen LogP contribution in [-0.4, -0.2) is 18.4 Å². The van der Waals surface area contributed by atoms with Gasteiger partial charge < -0.3 is 4.74 Å². The van der Waals surface area contributed by atoms with E-state index in [1.807, 2.05) is 30.3 Å². The third-order valence-corrected chi connectivity index (χ3v) is 2.55. The van der Waals surface area contributed by atoms with Crippen LogP contribution in [0.3, 0.4) is 0 Å². The molecule has 0 aromatic heterocycles. The molecule has 0 aliphatic carbocycles. The van der Waals surface area contributed by atoms with E-state index < -0.39 is 0 Å². The molecule has 0 spiro atoms. The normalized spacial score (nSPS) is 11.9. The standard InChI is InChI=1S/C14H18O3/c1-3-17-14(16)9-11(2)13(15)10-12-7-5-4-6-8-12/h4-8,11H,3,9-10H2,1-2H3. The van der Waals surface area contributed by atoms with Crippen LogP contribution in [0.15, 0.2) is 30.3 Å². The first-order valence-corrected chi connectivity index (χ1v) is 5.85. The highest BCUT2D eigenvalue weighted by atomic mass is 16.5. The molecule has 0 bridgehead atoms. The summed E-state index contributed by atoms with van der Waals surface area (Å²) >= 11 is 0. The molecular weight excluding hydrogens is 216 g/mol. The fourth-order valence-electron chi connectivity index (χ4n) is 1.56. The Balaban J connectivity index is 2.45. The van der Waals surface area contributed by atoms with E-state index in [9.17, 15) is 9.59 Å². The van der Waals surface area contributed by atoms with E-state index in [4.69, 9.17) is 4.74 Å². The minimum atomic E-state index is -0.304. The molecule has 3 nitrogen and oxygen atoms in total. The summed E-state index contributed by atoms with van der Waals surface area (Å²) in [6.07, 6.45) is 0.543. The van der Waals surface area contributed by atoms with Crippen molar-refractivity contribution in [2.45, 2.75) is 26.7 Å². The monoisotopic (exact) mass is 234 g/mol. The minimum Gasteiger partial charge on any atom is -0.466 e. The molecule has 0 amide bonds. The van der Waals surface area contributed by atoms with Gasteiger partial charge in [-0.25, -0.2) is 0 Å². The van der Waals surface area contributed by atoms with Crippen LogP contribution < -0.4 is 0 Å². The number of carbonyl (C=O) groups is 2. The van der Waals surface area contributed by atoms with Crippen molar-refractivity contribution in [3.63, 3.8) is 0 Å². The Kier molecular flexibility index (Phi) is 5.40. The number of Topliss-reactive ketones (excluding diaryl/α,β-unsaturated/α-hetero) is 1. The number of esters is 1. The van der Waals surface area contributed by atoms with E-state index in [0.29, 0.717) is 13.0 Å². The number of benzene rings is 1. The molecule has 17 heavy (non-hydrogen) atoms. The average molecular weight is 234 g/mol. The van der Waals surface area contributed by atoms with Gasteiger partial charge in [0.05, 0.1) is 13.0 Å². The zero-order valence-electron chi connectivity index (χ0n) is 10.3. The lowest BCUT2D eigenvalue weighted by Crippen LogP contribution is -2.18. The largest absolute Gasteiger partial charge is 0.466 e. The van der Waals surface area contributed by atoms with Crippen molar-refractivity contribution in [3.8, 4) is 0 Å². The first kappa shape index (κ1) is 13.4. The Morgan fingerprint density at radius 2 is 1.88 bits per heavy atom. The van der Waals surface area contributed by atoms with Crippen LogP contribution in [0, 0.1) is 5.92 Å². The quantitative estimate of drug-likeness (QED) is 0.710. The van der Waals surface area contributed by atoms with Gasteiger partial charge in [0.2, 0.25) is 0 Å². The van der Waals surface area contributed by atoms with Gasteiger partial charge >= 0.3 is 5.97 Å². The molecule has 0 saturated heterocycles. The van der Waals surface area contributed by atoms with Crippen LogP contribution in [0.1, 0.15) is 25.8 Å². The summed E-state index contributed by atoms with van der Waals surface area (Å²) in [6, 6.07) is 9.54. The number of hydrogen-bond donors (Lipinski definition) is 0. The lowest BCUT2D eigenvalue weighted by atomic mass is 9.97. The summed E-state index contributed by atoms with van der Waals surface area (Å²) in [5.41, 5.74) is 0.980. The summed E-state index contributed by atoms with van der Waals surface area (Å²) in [4.78, 5) is 23.1. The molecule has 0 heterocycles. The maximum atomic E-state index is 11.8. The average Bonchev–Trinajstić information content (AvgIpc) is 2.30. The van der Waals surface area contributed by atoms with Gasteiger partial charge in [-0.2, -0.15) is 0 Å². The van der Waals surface area contributed by atoms with E-state index in [0.717, 1.165) is 5.56 Å². The molecule has 92 valence electrons. The molecule has 0 N–H and O–H groups in total. The first-order chi connectivity index (χ1) is 8.13. The Labute approximate surface area is 102 Å². The SMILES string of the molecule is CCOC(=O)CC(C)C(=O)Cc1ccccc1. The highest BCUT2D eigenvalue weighted by Crippen LogP contribution is 2.10. The van der Waals surface area contributed by atoms with Crippen LogP contribution in [0.5, 0.6) is 0 Å². The Bertz CT molecular complexity index is 370. The van der Waals surface area contributed by atoms with Crippen molar-refractivity contribution in [1.29, 1.82) is 0 Å². The summed E-state index contributed by atoms with van der Waals surface area (Å²) in [7, 11) is 0. The second kappa shape index (κ2) is 6.84. The second-order valence-corrected chi connectivity index (χ2v) is 4.04. The van der Waals surface area contributed by atoms with E-state index in [1.165, 1.54) is 0 Å².